The highest BCUT2D eigenvalue weighted by molar-refractivity contribution is 5.86. The van der Waals surface area contributed by atoms with Gasteiger partial charge in [-0.2, -0.15) is 0 Å². The summed E-state index contributed by atoms with van der Waals surface area (Å²) in [4.78, 5) is 24.2. The van der Waals surface area contributed by atoms with Crippen molar-refractivity contribution in [1.82, 2.24) is 10.6 Å². The minimum Gasteiger partial charge on any atom is -0.365 e. The van der Waals surface area contributed by atoms with E-state index in [4.69, 9.17) is 5.73 Å². The van der Waals surface area contributed by atoms with Crippen LogP contribution in [-0.2, 0) is 9.59 Å². The van der Waals surface area contributed by atoms with Crippen LogP contribution in [-0.4, -0.2) is 44.0 Å². The van der Waals surface area contributed by atoms with Crippen molar-refractivity contribution >= 4 is 42.3 Å². The molecule has 24 heavy (non-hydrogen) atoms. The quantitative estimate of drug-likeness (QED) is 0.692. The molecule has 1 aromatic rings. The molecular formula is C14H20Cl2F2N4O2. The van der Waals surface area contributed by atoms with Crippen LogP contribution < -0.4 is 21.3 Å². The van der Waals surface area contributed by atoms with Gasteiger partial charge in [0.1, 0.15) is 17.3 Å². The zero-order chi connectivity index (χ0) is 16.1. The maximum absolute atomic E-state index is 13.7. The van der Waals surface area contributed by atoms with Crippen LogP contribution in [0.2, 0.25) is 0 Å². The molecule has 0 spiro atoms. The Hall–Kier alpha value is -1.64. The van der Waals surface area contributed by atoms with Gasteiger partial charge in [0, 0.05) is 19.1 Å². The van der Waals surface area contributed by atoms with E-state index >= 15 is 0 Å². The SMILES string of the molecule is Cl.Cl.NCC(=O)NCC(=O)NC1CCN(c2c(F)cccc2F)C1. The molecule has 1 atom stereocenters. The van der Waals surface area contributed by atoms with Gasteiger partial charge in [-0.1, -0.05) is 6.07 Å². The highest BCUT2D eigenvalue weighted by Gasteiger charge is 2.27. The third-order valence-electron chi connectivity index (χ3n) is 3.44. The van der Waals surface area contributed by atoms with E-state index in [9.17, 15) is 18.4 Å². The summed E-state index contributed by atoms with van der Waals surface area (Å²) >= 11 is 0. The minimum atomic E-state index is -0.623. The summed E-state index contributed by atoms with van der Waals surface area (Å²) in [6.45, 7) is 0.407. The highest BCUT2D eigenvalue weighted by Crippen LogP contribution is 2.26. The monoisotopic (exact) mass is 384 g/mol. The van der Waals surface area contributed by atoms with Crippen LogP contribution in [0.5, 0.6) is 0 Å². The van der Waals surface area contributed by atoms with Gasteiger partial charge in [-0.25, -0.2) is 8.78 Å². The topological polar surface area (TPSA) is 87.5 Å². The predicted octanol–water partition coefficient (Wildman–Crippen LogP) is 0.578. The predicted molar refractivity (Wildman–Crippen MR) is 91.7 cm³/mol. The van der Waals surface area contributed by atoms with Crippen molar-refractivity contribution in [2.75, 3.05) is 31.1 Å². The van der Waals surface area contributed by atoms with Gasteiger partial charge in [-0.05, 0) is 18.6 Å². The molecule has 0 saturated carbocycles. The fourth-order valence-corrected chi connectivity index (χ4v) is 2.40. The molecule has 1 fully saturated rings. The van der Waals surface area contributed by atoms with Crippen molar-refractivity contribution in [3.05, 3.63) is 29.8 Å². The van der Waals surface area contributed by atoms with Gasteiger partial charge in [0.2, 0.25) is 11.8 Å². The first kappa shape index (κ1) is 22.4. The second-order valence-corrected chi connectivity index (χ2v) is 5.05. The fourth-order valence-electron chi connectivity index (χ4n) is 2.40. The Morgan fingerprint density at radius 2 is 1.83 bits per heavy atom. The molecule has 1 aromatic carbocycles. The number of nitrogens with one attached hydrogen (secondary N) is 2. The first-order valence-electron chi connectivity index (χ1n) is 6.96. The highest BCUT2D eigenvalue weighted by atomic mass is 35.5. The number of para-hydroxylation sites is 1. The molecule has 2 rings (SSSR count). The van der Waals surface area contributed by atoms with Gasteiger partial charge < -0.3 is 21.3 Å². The Morgan fingerprint density at radius 1 is 1.21 bits per heavy atom. The molecule has 136 valence electrons. The first-order chi connectivity index (χ1) is 10.5. The van der Waals surface area contributed by atoms with Crippen molar-refractivity contribution in [3.8, 4) is 0 Å². The normalized spacial score (nSPS) is 16.0. The van der Waals surface area contributed by atoms with E-state index in [1.807, 2.05) is 0 Å². The molecule has 0 aliphatic carbocycles. The zero-order valence-corrected chi connectivity index (χ0v) is 14.4. The average molecular weight is 385 g/mol. The number of carbonyl (C=O) groups is 2. The lowest BCUT2D eigenvalue weighted by Crippen LogP contribution is -2.44. The molecule has 1 aliphatic rings. The smallest absolute Gasteiger partial charge is 0.239 e. The Bertz CT molecular complexity index is 557. The molecule has 6 nitrogen and oxygen atoms in total. The summed E-state index contributed by atoms with van der Waals surface area (Å²) in [6, 6.07) is 3.49. The number of nitrogens with two attached hydrogens (primary N) is 1. The maximum Gasteiger partial charge on any atom is 0.239 e. The van der Waals surface area contributed by atoms with Gasteiger partial charge in [0.05, 0.1) is 13.1 Å². The van der Waals surface area contributed by atoms with Gasteiger partial charge in [0.25, 0.3) is 0 Å². The molecule has 1 saturated heterocycles. The fraction of sp³-hybridized carbons (Fsp3) is 0.429. The van der Waals surface area contributed by atoms with E-state index in [0.29, 0.717) is 19.5 Å². The van der Waals surface area contributed by atoms with E-state index in [1.54, 1.807) is 4.90 Å². The summed E-state index contributed by atoms with van der Waals surface area (Å²) in [6.07, 6.45) is 0.574. The number of hydrogen-bond donors (Lipinski definition) is 3. The van der Waals surface area contributed by atoms with Crippen LogP contribution in [0.4, 0.5) is 14.5 Å². The first-order valence-corrected chi connectivity index (χ1v) is 6.96. The third kappa shape index (κ3) is 5.77. The molecule has 1 unspecified atom stereocenters. The molecule has 0 radical (unpaired) electrons. The maximum atomic E-state index is 13.7. The Morgan fingerprint density at radius 3 is 2.42 bits per heavy atom. The van der Waals surface area contributed by atoms with Crippen LogP contribution in [0, 0.1) is 11.6 Å². The van der Waals surface area contributed by atoms with Gasteiger partial charge in [-0.15, -0.1) is 24.8 Å². The summed E-state index contributed by atoms with van der Waals surface area (Å²) < 4.78 is 27.4. The van der Waals surface area contributed by atoms with E-state index < -0.39 is 17.5 Å². The van der Waals surface area contributed by atoms with Gasteiger partial charge >= 0.3 is 0 Å². The molecule has 0 bridgehead atoms. The summed E-state index contributed by atoms with van der Waals surface area (Å²) in [5.74, 6) is -2.02. The lowest BCUT2D eigenvalue weighted by Gasteiger charge is -2.20. The van der Waals surface area contributed by atoms with Crippen molar-refractivity contribution in [3.63, 3.8) is 0 Å². The molecule has 0 aromatic heterocycles. The number of rotatable bonds is 5. The second-order valence-electron chi connectivity index (χ2n) is 5.05. The summed E-state index contributed by atoms with van der Waals surface area (Å²) in [5.41, 5.74) is 5.04. The van der Waals surface area contributed by atoms with Gasteiger partial charge in [-0.3, -0.25) is 9.59 Å². The molecule has 4 N–H and O–H groups in total. The van der Waals surface area contributed by atoms with Crippen LogP contribution in [0.15, 0.2) is 18.2 Å². The van der Waals surface area contributed by atoms with E-state index in [0.717, 1.165) is 0 Å². The second kappa shape index (κ2) is 10.3. The van der Waals surface area contributed by atoms with Crippen molar-refractivity contribution in [2.45, 2.75) is 12.5 Å². The number of amides is 2. The summed E-state index contributed by atoms with van der Waals surface area (Å²) in [7, 11) is 0. The van der Waals surface area contributed by atoms with E-state index in [1.165, 1.54) is 18.2 Å². The van der Waals surface area contributed by atoms with Crippen molar-refractivity contribution < 1.29 is 18.4 Å². The number of anilines is 1. The lowest BCUT2D eigenvalue weighted by molar-refractivity contribution is -0.125. The molecule has 2 amide bonds. The van der Waals surface area contributed by atoms with Gasteiger partial charge in [0.15, 0.2) is 0 Å². The Balaban J connectivity index is 0.00000264. The van der Waals surface area contributed by atoms with Crippen LogP contribution in [0.25, 0.3) is 0 Å². The molecular weight excluding hydrogens is 365 g/mol. The molecule has 10 heteroatoms. The van der Waals surface area contributed by atoms with Crippen LogP contribution in [0.3, 0.4) is 0 Å². The number of halogens is 4. The Labute approximate surface area is 151 Å². The van der Waals surface area contributed by atoms with E-state index in [2.05, 4.69) is 10.6 Å². The number of benzene rings is 1. The van der Waals surface area contributed by atoms with Crippen LogP contribution in [0.1, 0.15) is 6.42 Å². The number of carbonyl (C=O) groups excluding carboxylic acids is 2. The zero-order valence-electron chi connectivity index (χ0n) is 12.8. The summed E-state index contributed by atoms with van der Waals surface area (Å²) in [5, 5.41) is 5.07. The van der Waals surface area contributed by atoms with Crippen molar-refractivity contribution in [1.29, 1.82) is 0 Å². The standard InChI is InChI=1S/C14H18F2N4O2.2ClH/c15-10-2-1-3-11(16)14(10)20-5-4-9(8-20)19-13(22)7-18-12(21)6-17;;/h1-3,9H,4-8,17H2,(H,18,21)(H,19,22);2*1H. The lowest BCUT2D eigenvalue weighted by atomic mass is 10.2. The van der Waals surface area contributed by atoms with Crippen molar-refractivity contribution in [2.24, 2.45) is 5.73 Å². The average Bonchev–Trinajstić information content (AvgIpc) is 2.92. The third-order valence-corrected chi connectivity index (χ3v) is 3.44. The molecule has 1 heterocycles. The largest absolute Gasteiger partial charge is 0.365 e. The van der Waals surface area contributed by atoms with Crippen LogP contribution >= 0.6 is 24.8 Å². The Kier molecular flexibility index (Phi) is 9.57. The minimum absolute atomic E-state index is 0. The number of hydrogen-bond acceptors (Lipinski definition) is 4. The van der Waals surface area contributed by atoms with E-state index in [-0.39, 0.29) is 55.5 Å². The molecule has 1 aliphatic heterocycles. The number of nitrogens with zero attached hydrogens (tertiary/aromatic N) is 1.